The van der Waals surface area contributed by atoms with Gasteiger partial charge in [0.05, 0.1) is 30.3 Å². The van der Waals surface area contributed by atoms with Gasteiger partial charge in [-0.25, -0.2) is 0 Å². The van der Waals surface area contributed by atoms with Crippen molar-refractivity contribution in [1.82, 2.24) is 4.90 Å². The van der Waals surface area contributed by atoms with Gasteiger partial charge in [-0.3, -0.25) is 19.3 Å². The number of amides is 3. The van der Waals surface area contributed by atoms with E-state index in [-0.39, 0.29) is 24.3 Å². The zero-order valence-electron chi connectivity index (χ0n) is 16.7. The molecule has 3 amide bonds. The molecule has 150 valence electrons. The SMILES string of the molecule is COc1ccc(CN2C(=O)c3ccccc3C2=O)cc1C(=O)N(C)c1ccccc1. The molecule has 0 radical (unpaired) electrons. The summed E-state index contributed by atoms with van der Waals surface area (Å²) >= 11 is 0. The number of rotatable bonds is 5. The first-order valence-corrected chi connectivity index (χ1v) is 9.46. The van der Waals surface area contributed by atoms with Crippen LogP contribution in [0.5, 0.6) is 5.75 Å². The number of carbonyl (C=O) groups excluding carboxylic acids is 3. The van der Waals surface area contributed by atoms with E-state index >= 15 is 0 Å². The Balaban J connectivity index is 1.63. The summed E-state index contributed by atoms with van der Waals surface area (Å²) in [6, 6.07) is 21.1. The molecule has 3 aromatic rings. The second-order valence-corrected chi connectivity index (χ2v) is 6.98. The Kier molecular flexibility index (Phi) is 5.06. The molecule has 0 saturated heterocycles. The number of benzene rings is 3. The van der Waals surface area contributed by atoms with Gasteiger partial charge in [0.25, 0.3) is 17.7 Å². The Hall–Kier alpha value is -3.93. The second kappa shape index (κ2) is 7.83. The van der Waals surface area contributed by atoms with Gasteiger partial charge in [-0.2, -0.15) is 0 Å². The summed E-state index contributed by atoms with van der Waals surface area (Å²) in [4.78, 5) is 41.2. The number of methoxy groups -OCH3 is 1. The van der Waals surface area contributed by atoms with Crippen molar-refractivity contribution in [2.75, 3.05) is 19.1 Å². The first-order valence-electron chi connectivity index (χ1n) is 9.46. The maximum atomic E-state index is 13.1. The Bertz CT molecular complexity index is 1110. The average molecular weight is 400 g/mol. The Morgan fingerprint density at radius 1 is 0.900 bits per heavy atom. The van der Waals surface area contributed by atoms with Crippen molar-refractivity contribution >= 4 is 23.4 Å². The fourth-order valence-electron chi connectivity index (χ4n) is 3.54. The number of anilines is 1. The molecule has 1 aliphatic heterocycles. The zero-order chi connectivity index (χ0) is 21.3. The van der Waals surface area contributed by atoms with E-state index in [0.717, 1.165) is 5.69 Å². The highest BCUT2D eigenvalue weighted by Crippen LogP contribution is 2.27. The van der Waals surface area contributed by atoms with E-state index in [4.69, 9.17) is 4.74 Å². The van der Waals surface area contributed by atoms with Gasteiger partial charge in [-0.1, -0.05) is 36.4 Å². The summed E-state index contributed by atoms with van der Waals surface area (Å²) in [6.07, 6.45) is 0. The number of nitrogens with zero attached hydrogens (tertiary/aromatic N) is 2. The summed E-state index contributed by atoms with van der Waals surface area (Å²) in [5, 5.41) is 0. The van der Waals surface area contributed by atoms with Crippen molar-refractivity contribution in [3.63, 3.8) is 0 Å². The van der Waals surface area contributed by atoms with Gasteiger partial charge in [-0.05, 0) is 42.0 Å². The van der Waals surface area contributed by atoms with Gasteiger partial charge in [-0.15, -0.1) is 0 Å². The summed E-state index contributed by atoms with van der Waals surface area (Å²) in [7, 11) is 3.19. The van der Waals surface area contributed by atoms with E-state index in [9.17, 15) is 14.4 Å². The quantitative estimate of drug-likeness (QED) is 0.612. The zero-order valence-corrected chi connectivity index (χ0v) is 16.7. The first-order chi connectivity index (χ1) is 14.5. The van der Waals surface area contributed by atoms with E-state index < -0.39 is 0 Å². The molecule has 0 N–H and O–H groups in total. The predicted molar refractivity (Wildman–Crippen MR) is 113 cm³/mol. The standard InChI is InChI=1S/C24H20N2O4/c1-25(17-8-4-3-5-9-17)22(27)20-14-16(12-13-21(20)30-2)15-26-23(28)18-10-6-7-11-19(18)24(26)29/h3-14H,15H2,1-2H3. The molecule has 0 atom stereocenters. The van der Waals surface area contributed by atoms with Crippen LogP contribution >= 0.6 is 0 Å². The Morgan fingerprint density at radius 2 is 1.50 bits per heavy atom. The molecule has 6 nitrogen and oxygen atoms in total. The lowest BCUT2D eigenvalue weighted by atomic mass is 10.1. The highest BCUT2D eigenvalue weighted by Gasteiger charge is 2.35. The van der Waals surface area contributed by atoms with Crippen LogP contribution in [0.2, 0.25) is 0 Å². The Labute approximate surface area is 174 Å². The molecule has 0 fully saturated rings. The van der Waals surface area contributed by atoms with Crippen LogP contribution in [0.1, 0.15) is 36.6 Å². The van der Waals surface area contributed by atoms with Crippen molar-refractivity contribution in [1.29, 1.82) is 0 Å². The second-order valence-electron chi connectivity index (χ2n) is 6.98. The molecule has 30 heavy (non-hydrogen) atoms. The summed E-state index contributed by atoms with van der Waals surface area (Å²) in [5.74, 6) is -0.488. The van der Waals surface area contributed by atoms with E-state index in [1.54, 1.807) is 49.5 Å². The smallest absolute Gasteiger partial charge is 0.261 e. The highest BCUT2D eigenvalue weighted by atomic mass is 16.5. The van der Waals surface area contributed by atoms with Crippen molar-refractivity contribution in [3.8, 4) is 5.75 Å². The van der Waals surface area contributed by atoms with Crippen LogP contribution in [0.25, 0.3) is 0 Å². The number of hydrogen-bond donors (Lipinski definition) is 0. The molecule has 0 spiro atoms. The van der Waals surface area contributed by atoms with Gasteiger partial charge < -0.3 is 9.64 Å². The van der Waals surface area contributed by atoms with Crippen LogP contribution in [0.15, 0.2) is 72.8 Å². The molecular formula is C24H20N2O4. The number of ether oxygens (including phenoxy) is 1. The van der Waals surface area contributed by atoms with Crippen LogP contribution in [0.4, 0.5) is 5.69 Å². The third kappa shape index (κ3) is 3.33. The minimum absolute atomic E-state index is 0.0751. The van der Waals surface area contributed by atoms with Crippen LogP contribution < -0.4 is 9.64 Å². The van der Waals surface area contributed by atoms with Gasteiger partial charge in [0, 0.05) is 12.7 Å². The number of imide groups is 1. The van der Waals surface area contributed by atoms with Gasteiger partial charge in [0.2, 0.25) is 0 Å². The molecule has 1 heterocycles. The van der Waals surface area contributed by atoms with E-state index in [2.05, 4.69) is 0 Å². The van der Waals surface area contributed by atoms with Gasteiger partial charge in [0.1, 0.15) is 5.75 Å². The average Bonchev–Trinajstić information content (AvgIpc) is 3.03. The third-order valence-corrected chi connectivity index (χ3v) is 5.16. The lowest BCUT2D eigenvalue weighted by Gasteiger charge is -2.20. The van der Waals surface area contributed by atoms with E-state index in [0.29, 0.717) is 28.0 Å². The summed E-state index contributed by atoms with van der Waals surface area (Å²) < 4.78 is 5.38. The molecule has 3 aromatic carbocycles. The summed E-state index contributed by atoms with van der Waals surface area (Å²) in [5.41, 5.74) is 2.57. The molecule has 4 rings (SSSR count). The van der Waals surface area contributed by atoms with Crippen LogP contribution in [-0.2, 0) is 6.54 Å². The lowest BCUT2D eigenvalue weighted by Crippen LogP contribution is -2.30. The minimum atomic E-state index is -0.333. The molecule has 0 aliphatic carbocycles. The molecule has 0 aromatic heterocycles. The van der Waals surface area contributed by atoms with E-state index in [1.807, 2.05) is 30.3 Å². The number of para-hydroxylation sites is 1. The molecule has 0 bridgehead atoms. The van der Waals surface area contributed by atoms with Gasteiger partial charge in [0.15, 0.2) is 0 Å². The maximum absolute atomic E-state index is 13.1. The lowest BCUT2D eigenvalue weighted by molar-refractivity contribution is 0.0642. The normalized spacial score (nSPS) is 12.7. The monoisotopic (exact) mass is 400 g/mol. The molecular weight excluding hydrogens is 380 g/mol. The molecule has 1 aliphatic rings. The molecule has 0 unspecified atom stereocenters. The number of fused-ring (bicyclic) bond motifs is 1. The molecule has 0 saturated carbocycles. The van der Waals surface area contributed by atoms with Gasteiger partial charge >= 0.3 is 0 Å². The van der Waals surface area contributed by atoms with Crippen LogP contribution in [-0.4, -0.2) is 36.8 Å². The van der Waals surface area contributed by atoms with Crippen LogP contribution in [0, 0.1) is 0 Å². The highest BCUT2D eigenvalue weighted by molar-refractivity contribution is 6.21. The van der Waals surface area contributed by atoms with E-state index in [1.165, 1.54) is 16.9 Å². The fraction of sp³-hybridized carbons (Fsp3) is 0.125. The van der Waals surface area contributed by atoms with Crippen molar-refractivity contribution in [2.45, 2.75) is 6.54 Å². The number of carbonyl (C=O) groups is 3. The Morgan fingerprint density at radius 3 is 2.10 bits per heavy atom. The van der Waals surface area contributed by atoms with Crippen molar-refractivity contribution < 1.29 is 19.1 Å². The van der Waals surface area contributed by atoms with Crippen molar-refractivity contribution in [3.05, 3.63) is 95.1 Å². The third-order valence-electron chi connectivity index (χ3n) is 5.16. The van der Waals surface area contributed by atoms with Crippen LogP contribution in [0.3, 0.4) is 0 Å². The maximum Gasteiger partial charge on any atom is 0.261 e. The largest absolute Gasteiger partial charge is 0.496 e. The molecule has 6 heteroatoms. The fourth-order valence-corrected chi connectivity index (χ4v) is 3.54. The topological polar surface area (TPSA) is 66.9 Å². The minimum Gasteiger partial charge on any atom is -0.496 e. The summed E-state index contributed by atoms with van der Waals surface area (Å²) in [6.45, 7) is 0.0751. The predicted octanol–water partition coefficient (Wildman–Crippen LogP) is 3.77. The first kappa shape index (κ1) is 19.4. The number of hydrogen-bond acceptors (Lipinski definition) is 4. The van der Waals surface area contributed by atoms with Crippen molar-refractivity contribution in [2.24, 2.45) is 0 Å².